The minimum atomic E-state index is 0.453. The van der Waals surface area contributed by atoms with Gasteiger partial charge in [-0.3, -0.25) is 4.98 Å². The average molecular weight is 202 g/mol. The molecule has 0 spiro atoms. The largest absolute Gasteiger partial charge is 0.480 e. The molecule has 1 aromatic heterocycles. The van der Waals surface area contributed by atoms with Gasteiger partial charge in [0.05, 0.1) is 13.3 Å². The quantitative estimate of drug-likeness (QED) is 0.690. The molecule has 0 bridgehead atoms. The van der Waals surface area contributed by atoms with Gasteiger partial charge in [0, 0.05) is 6.92 Å². The maximum absolute atomic E-state index is 4.86. The third-order valence-electron chi connectivity index (χ3n) is 0.975. The lowest BCUT2D eigenvalue weighted by atomic mass is 10.5. The van der Waals surface area contributed by atoms with E-state index in [1.54, 1.807) is 6.20 Å². The summed E-state index contributed by atoms with van der Waals surface area (Å²) in [6.45, 7) is 3.61. The van der Waals surface area contributed by atoms with Gasteiger partial charge in [0.2, 0.25) is 5.88 Å². The number of nitrogens with zero attached hydrogens (tertiary/aromatic N) is 2. The fourth-order valence-electron chi connectivity index (χ4n) is 0.540. The van der Waals surface area contributed by atoms with Crippen LogP contribution in [0.5, 0.6) is 5.88 Å². The molecule has 0 aromatic carbocycles. The van der Waals surface area contributed by atoms with Gasteiger partial charge < -0.3 is 4.74 Å². The number of methoxy groups -OCH3 is 1. The molecule has 10 heavy (non-hydrogen) atoms. The molecular weight excluding hydrogens is 196 g/mol. The maximum atomic E-state index is 4.86. The summed E-state index contributed by atoms with van der Waals surface area (Å²) in [5.74, 6) is 0.453. The van der Waals surface area contributed by atoms with Crippen molar-refractivity contribution >= 4 is 15.9 Å². The molecule has 0 N–H and O–H groups in total. The molecule has 0 aliphatic heterocycles. The van der Waals surface area contributed by atoms with E-state index in [9.17, 15) is 0 Å². The van der Waals surface area contributed by atoms with Crippen LogP contribution in [-0.2, 0) is 0 Å². The van der Waals surface area contributed by atoms with Crippen molar-refractivity contribution in [1.82, 2.24) is 9.97 Å². The highest BCUT2D eigenvalue weighted by Crippen LogP contribution is 2.13. The lowest BCUT2D eigenvalue weighted by molar-refractivity contribution is 0.392. The van der Waals surface area contributed by atoms with Crippen LogP contribution in [0.15, 0.2) is 10.8 Å². The van der Waals surface area contributed by atoms with Crippen LogP contribution in [0, 0.1) is 6.92 Å². The second-order valence-electron chi connectivity index (χ2n) is 1.65. The lowest BCUT2D eigenvalue weighted by Gasteiger charge is -2.00. The van der Waals surface area contributed by atoms with Crippen LogP contribution in [0.4, 0.5) is 0 Å². The summed E-state index contributed by atoms with van der Waals surface area (Å²) in [6.07, 6.45) is 1.57. The molecule has 0 saturated carbocycles. The van der Waals surface area contributed by atoms with Crippen LogP contribution in [0.25, 0.3) is 0 Å². The van der Waals surface area contributed by atoms with Gasteiger partial charge in [-0.2, -0.15) is 0 Å². The van der Waals surface area contributed by atoms with Crippen LogP contribution >= 0.6 is 15.9 Å². The first-order valence-electron chi connectivity index (χ1n) is 2.62. The van der Waals surface area contributed by atoms with Crippen molar-refractivity contribution in [2.24, 2.45) is 0 Å². The Balaban J connectivity index is 3.09. The third-order valence-corrected chi connectivity index (χ3v) is 1.36. The van der Waals surface area contributed by atoms with Crippen molar-refractivity contribution in [2.75, 3.05) is 7.11 Å². The Hall–Kier alpha value is -0.640. The molecule has 0 amide bonds. The number of ether oxygens (including phenoxy) is 1. The molecule has 0 aliphatic carbocycles. The van der Waals surface area contributed by atoms with Gasteiger partial charge in [-0.25, -0.2) is 4.98 Å². The van der Waals surface area contributed by atoms with Gasteiger partial charge >= 0.3 is 0 Å². The van der Waals surface area contributed by atoms with Gasteiger partial charge in [0.1, 0.15) is 10.3 Å². The normalized spacial score (nSPS) is 9.50. The first-order chi connectivity index (χ1) is 4.74. The predicted molar refractivity (Wildman–Crippen MR) is 40.7 cm³/mol. The molecule has 53 valence electrons. The zero-order valence-corrected chi connectivity index (χ0v) is 7.05. The summed E-state index contributed by atoms with van der Waals surface area (Å²) in [6, 6.07) is 0. The Morgan fingerprint density at radius 3 is 2.90 bits per heavy atom. The monoisotopic (exact) mass is 201 g/mol. The molecule has 0 saturated heterocycles. The van der Waals surface area contributed by atoms with E-state index in [0.29, 0.717) is 16.2 Å². The predicted octanol–water partition coefficient (Wildman–Crippen LogP) is 1.43. The van der Waals surface area contributed by atoms with Crippen molar-refractivity contribution in [2.45, 2.75) is 0 Å². The number of rotatable bonds is 1. The van der Waals surface area contributed by atoms with Gasteiger partial charge in [-0.15, -0.1) is 0 Å². The Morgan fingerprint density at radius 1 is 1.70 bits per heavy atom. The SMILES string of the molecule is [CH2]c1ncc(Br)nc1OC. The molecular formula is C6H6BrN2O. The second kappa shape index (κ2) is 2.96. The van der Waals surface area contributed by atoms with Crippen molar-refractivity contribution in [1.29, 1.82) is 0 Å². The zero-order chi connectivity index (χ0) is 7.56. The van der Waals surface area contributed by atoms with Crippen molar-refractivity contribution in [3.05, 3.63) is 23.4 Å². The van der Waals surface area contributed by atoms with E-state index in [2.05, 4.69) is 32.8 Å². The fourth-order valence-corrected chi connectivity index (χ4v) is 0.804. The molecule has 3 nitrogen and oxygen atoms in total. The molecule has 0 fully saturated rings. The average Bonchev–Trinajstić information content (AvgIpc) is 1.94. The Labute approximate surface area is 67.6 Å². The molecule has 1 aromatic rings. The van der Waals surface area contributed by atoms with Crippen LogP contribution in [0.1, 0.15) is 5.69 Å². The topological polar surface area (TPSA) is 35.0 Å². The number of aromatic nitrogens is 2. The molecule has 4 heteroatoms. The van der Waals surface area contributed by atoms with Crippen molar-refractivity contribution in [3.63, 3.8) is 0 Å². The highest BCUT2D eigenvalue weighted by molar-refractivity contribution is 9.10. The van der Waals surface area contributed by atoms with E-state index in [0.717, 1.165) is 0 Å². The van der Waals surface area contributed by atoms with E-state index >= 15 is 0 Å². The lowest BCUT2D eigenvalue weighted by Crippen LogP contribution is -1.93. The highest BCUT2D eigenvalue weighted by Gasteiger charge is 1.99. The van der Waals surface area contributed by atoms with Crippen LogP contribution in [0.3, 0.4) is 0 Å². The first-order valence-corrected chi connectivity index (χ1v) is 3.42. The Morgan fingerprint density at radius 2 is 2.40 bits per heavy atom. The summed E-state index contributed by atoms with van der Waals surface area (Å²) in [4.78, 5) is 7.86. The van der Waals surface area contributed by atoms with Gasteiger partial charge in [0.15, 0.2) is 0 Å². The third kappa shape index (κ3) is 1.44. The summed E-state index contributed by atoms with van der Waals surface area (Å²) in [5.41, 5.74) is 0.547. The van der Waals surface area contributed by atoms with E-state index in [4.69, 9.17) is 4.74 Å². The molecule has 1 heterocycles. The number of hydrogen-bond donors (Lipinski definition) is 0. The highest BCUT2D eigenvalue weighted by atomic mass is 79.9. The molecule has 0 atom stereocenters. The summed E-state index contributed by atoms with van der Waals surface area (Å²) in [5, 5.41) is 0. The molecule has 0 unspecified atom stereocenters. The first kappa shape index (κ1) is 7.47. The standard InChI is InChI=1S/C6H6BrN2O/c1-4-6(10-2)9-5(7)3-8-4/h3H,1H2,2H3. The smallest absolute Gasteiger partial charge is 0.236 e. The van der Waals surface area contributed by atoms with E-state index in [1.807, 2.05) is 0 Å². The van der Waals surface area contributed by atoms with Crippen molar-refractivity contribution < 1.29 is 4.74 Å². The molecule has 1 radical (unpaired) electrons. The fraction of sp³-hybridized carbons (Fsp3) is 0.167. The van der Waals surface area contributed by atoms with Gasteiger partial charge in [-0.1, -0.05) is 0 Å². The second-order valence-corrected chi connectivity index (χ2v) is 2.46. The van der Waals surface area contributed by atoms with Gasteiger partial charge in [-0.05, 0) is 15.9 Å². The molecule has 0 aliphatic rings. The molecule has 1 rings (SSSR count). The number of halogens is 1. The maximum Gasteiger partial charge on any atom is 0.236 e. The van der Waals surface area contributed by atoms with Crippen LogP contribution < -0.4 is 4.74 Å². The van der Waals surface area contributed by atoms with Crippen LogP contribution in [0.2, 0.25) is 0 Å². The summed E-state index contributed by atoms with van der Waals surface area (Å²) < 4.78 is 5.51. The Kier molecular flexibility index (Phi) is 2.21. The van der Waals surface area contributed by atoms with E-state index in [-0.39, 0.29) is 0 Å². The zero-order valence-electron chi connectivity index (χ0n) is 5.47. The minimum Gasteiger partial charge on any atom is -0.480 e. The summed E-state index contributed by atoms with van der Waals surface area (Å²) >= 11 is 3.16. The van der Waals surface area contributed by atoms with Crippen molar-refractivity contribution in [3.8, 4) is 5.88 Å². The van der Waals surface area contributed by atoms with E-state index < -0.39 is 0 Å². The number of hydrogen-bond acceptors (Lipinski definition) is 3. The van der Waals surface area contributed by atoms with Crippen LogP contribution in [-0.4, -0.2) is 17.1 Å². The van der Waals surface area contributed by atoms with Gasteiger partial charge in [0.25, 0.3) is 0 Å². The summed E-state index contributed by atoms with van der Waals surface area (Å²) in [7, 11) is 1.53. The Bertz CT molecular complexity index is 239. The minimum absolute atomic E-state index is 0.453. The van der Waals surface area contributed by atoms with E-state index in [1.165, 1.54) is 7.11 Å².